The second-order valence-electron chi connectivity index (χ2n) is 5.36. The zero-order valence-corrected chi connectivity index (χ0v) is 14.9. The quantitative estimate of drug-likeness (QED) is 0.281. The van der Waals surface area contributed by atoms with Gasteiger partial charge in [-0.2, -0.15) is 0 Å². The van der Waals surface area contributed by atoms with E-state index in [9.17, 15) is 9.59 Å². The number of rotatable bonds is 10. The van der Waals surface area contributed by atoms with Crippen LogP contribution in [0, 0.1) is 0 Å². The van der Waals surface area contributed by atoms with Gasteiger partial charge in [0.15, 0.2) is 12.4 Å². The third-order valence-electron chi connectivity index (χ3n) is 3.37. The lowest BCUT2D eigenvalue weighted by molar-refractivity contribution is -0.136. The van der Waals surface area contributed by atoms with Crippen LogP contribution in [-0.4, -0.2) is 38.2 Å². The monoisotopic (exact) mass is 358 g/mol. The molecule has 0 saturated heterocycles. The summed E-state index contributed by atoms with van der Waals surface area (Å²) >= 11 is 0. The Morgan fingerprint density at radius 1 is 0.808 bits per heavy atom. The second-order valence-corrected chi connectivity index (χ2v) is 5.36. The van der Waals surface area contributed by atoms with E-state index in [1.165, 1.54) is 6.92 Å². The van der Waals surface area contributed by atoms with Crippen molar-refractivity contribution in [1.82, 2.24) is 0 Å². The van der Waals surface area contributed by atoms with Crippen molar-refractivity contribution in [3.8, 4) is 17.2 Å². The van der Waals surface area contributed by atoms with Gasteiger partial charge in [-0.25, -0.2) is 4.79 Å². The summed E-state index contributed by atoms with van der Waals surface area (Å²) in [6.07, 6.45) is 0. The smallest absolute Gasteiger partial charge is 0.349 e. The molecule has 0 amide bonds. The minimum absolute atomic E-state index is 0.0449. The average molecular weight is 358 g/mol. The first-order chi connectivity index (χ1) is 12.6. The van der Waals surface area contributed by atoms with E-state index >= 15 is 0 Å². The maximum atomic E-state index is 11.8. The molecule has 0 aromatic heterocycles. The van der Waals surface area contributed by atoms with E-state index in [2.05, 4.69) is 0 Å². The number of hydrogen-bond donors (Lipinski definition) is 0. The Hall–Kier alpha value is -2.86. The minimum atomic E-state index is -0.530. The Kier molecular flexibility index (Phi) is 7.64. The Labute approximate surface area is 152 Å². The normalized spacial score (nSPS) is 10.2. The highest BCUT2D eigenvalue weighted by Gasteiger charge is 2.07. The summed E-state index contributed by atoms with van der Waals surface area (Å²) in [7, 11) is 0. The molecule has 0 unspecified atom stereocenters. The molecule has 0 atom stereocenters. The van der Waals surface area contributed by atoms with E-state index in [1.54, 1.807) is 48.5 Å². The predicted molar refractivity (Wildman–Crippen MR) is 96.0 cm³/mol. The summed E-state index contributed by atoms with van der Waals surface area (Å²) in [5.41, 5.74) is 0.560. The minimum Gasteiger partial charge on any atom is -0.491 e. The molecule has 138 valence electrons. The molecule has 6 heteroatoms. The summed E-state index contributed by atoms with van der Waals surface area (Å²) in [6, 6.07) is 13.3. The van der Waals surface area contributed by atoms with Gasteiger partial charge in [-0.05, 0) is 62.4 Å². The van der Waals surface area contributed by atoms with Crippen LogP contribution in [0.15, 0.2) is 48.5 Å². The molecule has 26 heavy (non-hydrogen) atoms. The maximum absolute atomic E-state index is 11.8. The van der Waals surface area contributed by atoms with Crippen LogP contribution in [0.5, 0.6) is 17.2 Å². The van der Waals surface area contributed by atoms with Crippen LogP contribution in [-0.2, 0) is 9.53 Å². The molecule has 0 aliphatic carbocycles. The molecule has 0 N–H and O–H groups in total. The maximum Gasteiger partial charge on any atom is 0.349 e. The highest BCUT2D eigenvalue weighted by atomic mass is 16.6. The molecule has 2 aromatic rings. The predicted octanol–water partition coefficient (Wildman–Crippen LogP) is 3.29. The van der Waals surface area contributed by atoms with E-state index in [0.717, 1.165) is 0 Å². The van der Waals surface area contributed by atoms with Crippen molar-refractivity contribution >= 4 is 11.8 Å². The van der Waals surface area contributed by atoms with Gasteiger partial charge >= 0.3 is 5.97 Å². The molecular formula is C20H22O6. The first-order valence-corrected chi connectivity index (χ1v) is 8.33. The molecule has 0 fully saturated rings. The van der Waals surface area contributed by atoms with Gasteiger partial charge in [-0.15, -0.1) is 0 Å². The fourth-order valence-corrected chi connectivity index (χ4v) is 2.06. The Bertz CT molecular complexity index is 706. The van der Waals surface area contributed by atoms with Crippen LogP contribution in [0.4, 0.5) is 0 Å². The highest BCUT2D eigenvalue weighted by molar-refractivity contribution is 5.94. The lowest BCUT2D eigenvalue weighted by atomic mass is 10.1. The zero-order valence-electron chi connectivity index (χ0n) is 14.9. The van der Waals surface area contributed by atoms with Gasteiger partial charge in [-0.3, -0.25) is 4.79 Å². The van der Waals surface area contributed by atoms with Gasteiger partial charge in [0.25, 0.3) is 0 Å². The van der Waals surface area contributed by atoms with Crippen molar-refractivity contribution in [2.75, 3.05) is 26.4 Å². The van der Waals surface area contributed by atoms with Crippen LogP contribution >= 0.6 is 0 Å². The number of ether oxygens (including phenoxy) is 4. The number of benzene rings is 2. The summed E-state index contributed by atoms with van der Waals surface area (Å²) in [6.45, 7) is 4.85. The molecule has 0 aliphatic rings. The standard InChI is InChI=1S/C20H22O6/c1-3-23-12-13-24-17-8-10-18(11-9-17)25-14-20(22)26-19-6-4-16(5-7-19)15(2)21/h4-11H,3,12-14H2,1-2H3. The molecule has 0 radical (unpaired) electrons. The van der Waals surface area contributed by atoms with E-state index in [-0.39, 0.29) is 12.4 Å². The first kappa shape index (κ1) is 19.5. The van der Waals surface area contributed by atoms with Crippen LogP contribution in [0.1, 0.15) is 24.2 Å². The van der Waals surface area contributed by atoms with E-state index in [0.29, 0.717) is 42.6 Å². The number of carbonyl (C=O) groups is 2. The number of ketones is 1. The zero-order chi connectivity index (χ0) is 18.8. The van der Waals surface area contributed by atoms with Gasteiger partial charge in [0.05, 0.1) is 6.61 Å². The van der Waals surface area contributed by atoms with Crippen LogP contribution in [0.2, 0.25) is 0 Å². The molecule has 2 rings (SSSR count). The molecular weight excluding hydrogens is 336 g/mol. The highest BCUT2D eigenvalue weighted by Crippen LogP contribution is 2.18. The Morgan fingerprint density at radius 2 is 1.38 bits per heavy atom. The van der Waals surface area contributed by atoms with E-state index < -0.39 is 5.97 Å². The SMILES string of the molecule is CCOCCOc1ccc(OCC(=O)Oc2ccc(C(C)=O)cc2)cc1. The largest absolute Gasteiger partial charge is 0.491 e. The number of hydrogen-bond acceptors (Lipinski definition) is 6. The van der Waals surface area contributed by atoms with Gasteiger partial charge in [0.2, 0.25) is 0 Å². The van der Waals surface area contributed by atoms with Gasteiger partial charge in [-0.1, -0.05) is 0 Å². The first-order valence-electron chi connectivity index (χ1n) is 8.33. The molecule has 0 spiro atoms. The van der Waals surface area contributed by atoms with Crippen molar-refractivity contribution in [3.05, 3.63) is 54.1 Å². The molecule has 0 saturated carbocycles. The average Bonchev–Trinajstić information content (AvgIpc) is 2.65. The molecule has 0 heterocycles. The van der Waals surface area contributed by atoms with Crippen molar-refractivity contribution < 1.29 is 28.5 Å². The van der Waals surface area contributed by atoms with Gasteiger partial charge in [0.1, 0.15) is 23.9 Å². The number of esters is 1. The Morgan fingerprint density at radius 3 is 1.96 bits per heavy atom. The molecule has 6 nitrogen and oxygen atoms in total. The van der Waals surface area contributed by atoms with Crippen LogP contribution < -0.4 is 14.2 Å². The summed E-state index contributed by atoms with van der Waals surface area (Å²) < 4.78 is 21.2. The molecule has 2 aromatic carbocycles. The van der Waals surface area contributed by atoms with Crippen molar-refractivity contribution in [2.45, 2.75) is 13.8 Å². The lowest BCUT2D eigenvalue weighted by Gasteiger charge is -2.09. The third kappa shape index (κ3) is 6.57. The van der Waals surface area contributed by atoms with E-state index in [1.807, 2.05) is 6.92 Å². The number of Topliss-reactive ketones (excluding diaryl/α,β-unsaturated/α-hetero) is 1. The molecule has 0 aliphatic heterocycles. The summed E-state index contributed by atoms with van der Waals surface area (Å²) in [5.74, 6) is 1.02. The lowest BCUT2D eigenvalue weighted by Crippen LogP contribution is -2.17. The third-order valence-corrected chi connectivity index (χ3v) is 3.37. The van der Waals surface area contributed by atoms with Gasteiger partial charge < -0.3 is 18.9 Å². The fourth-order valence-electron chi connectivity index (χ4n) is 2.06. The topological polar surface area (TPSA) is 71.1 Å². The van der Waals surface area contributed by atoms with E-state index in [4.69, 9.17) is 18.9 Å². The second kappa shape index (κ2) is 10.2. The van der Waals surface area contributed by atoms with Crippen molar-refractivity contribution in [3.63, 3.8) is 0 Å². The fraction of sp³-hybridized carbons (Fsp3) is 0.300. The van der Waals surface area contributed by atoms with Crippen LogP contribution in [0.3, 0.4) is 0 Å². The summed E-state index contributed by atoms with van der Waals surface area (Å²) in [4.78, 5) is 23.0. The molecule has 0 bridgehead atoms. The van der Waals surface area contributed by atoms with Crippen molar-refractivity contribution in [2.24, 2.45) is 0 Å². The van der Waals surface area contributed by atoms with Crippen LogP contribution in [0.25, 0.3) is 0 Å². The summed E-state index contributed by atoms with van der Waals surface area (Å²) in [5, 5.41) is 0. The Balaban J connectivity index is 1.75. The van der Waals surface area contributed by atoms with Crippen molar-refractivity contribution in [1.29, 1.82) is 0 Å². The van der Waals surface area contributed by atoms with Gasteiger partial charge in [0, 0.05) is 12.2 Å². The number of carbonyl (C=O) groups excluding carboxylic acids is 2.